The summed E-state index contributed by atoms with van der Waals surface area (Å²) in [5, 5.41) is 0.348. The number of nitrogens with zero attached hydrogens (tertiary/aromatic N) is 1. The number of carbonyl (C=O) groups excluding carboxylic acids is 1. The highest BCUT2D eigenvalue weighted by Gasteiger charge is 2.25. The smallest absolute Gasteiger partial charge is 0.300 e. The minimum Gasteiger partial charge on any atom is -0.492 e. The van der Waals surface area contributed by atoms with Gasteiger partial charge in [-0.25, -0.2) is 17.5 Å². The van der Waals surface area contributed by atoms with Crippen LogP contribution < -0.4 is 14.4 Å². The standard InChI is InChI=1S/C19H19FN2O5S/c1-4-26-14-7-5-6-8-16(14)28(24,25)21-19(23)15-11-12-9-10-13(22(2)3)17(20)18(12)27-15/h5-11H,4H2,1-3H3,(H,21,23). The Bertz CT molecular complexity index is 1140. The quantitative estimate of drug-likeness (QED) is 0.677. The van der Waals surface area contributed by atoms with Gasteiger partial charge in [0.15, 0.2) is 17.2 Å². The Morgan fingerprint density at radius 1 is 1.21 bits per heavy atom. The number of sulfonamides is 1. The van der Waals surface area contributed by atoms with E-state index in [1.807, 2.05) is 4.72 Å². The molecular formula is C19H19FN2O5S. The molecule has 3 rings (SSSR count). The van der Waals surface area contributed by atoms with E-state index in [1.54, 1.807) is 44.1 Å². The molecule has 0 saturated carbocycles. The molecule has 3 aromatic rings. The molecule has 2 aromatic carbocycles. The Morgan fingerprint density at radius 3 is 2.61 bits per heavy atom. The van der Waals surface area contributed by atoms with E-state index in [2.05, 4.69) is 0 Å². The summed E-state index contributed by atoms with van der Waals surface area (Å²) in [5.41, 5.74) is 0.163. The second kappa shape index (κ2) is 7.51. The van der Waals surface area contributed by atoms with Crippen molar-refractivity contribution in [2.24, 2.45) is 0 Å². The molecule has 148 valence electrons. The number of carbonyl (C=O) groups is 1. The van der Waals surface area contributed by atoms with Crippen LogP contribution in [0, 0.1) is 5.82 Å². The highest BCUT2D eigenvalue weighted by atomic mass is 32.2. The highest BCUT2D eigenvalue weighted by molar-refractivity contribution is 7.90. The summed E-state index contributed by atoms with van der Waals surface area (Å²) in [7, 11) is -0.877. The molecule has 1 aromatic heterocycles. The molecule has 7 nitrogen and oxygen atoms in total. The summed E-state index contributed by atoms with van der Waals surface area (Å²) < 4.78 is 52.3. The minimum atomic E-state index is -4.22. The van der Waals surface area contributed by atoms with E-state index in [9.17, 15) is 17.6 Å². The van der Waals surface area contributed by atoms with Gasteiger partial charge in [-0.3, -0.25) is 4.79 Å². The molecule has 0 spiro atoms. The van der Waals surface area contributed by atoms with Crippen molar-refractivity contribution >= 4 is 32.6 Å². The molecule has 0 radical (unpaired) electrons. The topological polar surface area (TPSA) is 88.8 Å². The van der Waals surface area contributed by atoms with Gasteiger partial charge in [-0.15, -0.1) is 0 Å². The van der Waals surface area contributed by atoms with E-state index in [0.29, 0.717) is 5.39 Å². The summed E-state index contributed by atoms with van der Waals surface area (Å²) in [6, 6.07) is 10.4. The van der Waals surface area contributed by atoms with E-state index >= 15 is 0 Å². The molecule has 0 unspecified atom stereocenters. The van der Waals surface area contributed by atoms with Crippen molar-refractivity contribution in [2.75, 3.05) is 25.6 Å². The van der Waals surface area contributed by atoms with Crippen LogP contribution in [0.4, 0.5) is 10.1 Å². The van der Waals surface area contributed by atoms with E-state index in [-0.39, 0.29) is 34.3 Å². The van der Waals surface area contributed by atoms with Crippen molar-refractivity contribution < 1.29 is 26.8 Å². The van der Waals surface area contributed by atoms with Crippen LogP contribution in [-0.4, -0.2) is 35.0 Å². The molecular weight excluding hydrogens is 387 g/mol. The zero-order valence-corrected chi connectivity index (χ0v) is 16.3. The zero-order chi connectivity index (χ0) is 20.5. The highest BCUT2D eigenvalue weighted by Crippen LogP contribution is 2.29. The number of hydrogen-bond acceptors (Lipinski definition) is 6. The van der Waals surface area contributed by atoms with Crippen LogP contribution in [0.1, 0.15) is 17.5 Å². The molecule has 28 heavy (non-hydrogen) atoms. The van der Waals surface area contributed by atoms with Crippen LogP contribution in [0.2, 0.25) is 0 Å². The van der Waals surface area contributed by atoms with Crippen LogP contribution in [-0.2, 0) is 10.0 Å². The number of anilines is 1. The van der Waals surface area contributed by atoms with E-state index in [1.165, 1.54) is 24.3 Å². The predicted octanol–water partition coefficient (Wildman–Crippen LogP) is 3.16. The Labute approximate surface area is 161 Å². The second-order valence-electron chi connectivity index (χ2n) is 6.14. The van der Waals surface area contributed by atoms with Crippen molar-refractivity contribution in [3.8, 4) is 5.75 Å². The second-order valence-corrected chi connectivity index (χ2v) is 7.79. The average Bonchev–Trinajstić information content (AvgIpc) is 3.07. The Morgan fingerprint density at radius 2 is 1.93 bits per heavy atom. The maximum absolute atomic E-state index is 14.5. The number of halogens is 1. The SMILES string of the molecule is CCOc1ccccc1S(=O)(=O)NC(=O)c1cc2ccc(N(C)C)c(F)c2o1. The van der Waals surface area contributed by atoms with Gasteiger partial charge in [-0.1, -0.05) is 12.1 Å². The van der Waals surface area contributed by atoms with Gasteiger partial charge in [-0.05, 0) is 37.3 Å². The van der Waals surface area contributed by atoms with Gasteiger partial charge in [0.2, 0.25) is 0 Å². The normalized spacial score (nSPS) is 11.4. The number of nitrogens with one attached hydrogen (secondary N) is 1. The van der Waals surface area contributed by atoms with Crippen LogP contribution in [0.3, 0.4) is 0 Å². The van der Waals surface area contributed by atoms with Crippen molar-refractivity contribution in [1.82, 2.24) is 4.72 Å². The first-order valence-corrected chi connectivity index (χ1v) is 9.91. The third-order valence-electron chi connectivity index (χ3n) is 3.98. The lowest BCUT2D eigenvalue weighted by Gasteiger charge is -2.12. The van der Waals surface area contributed by atoms with Gasteiger partial charge in [-0.2, -0.15) is 0 Å². The van der Waals surface area contributed by atoms with Crippen LogP contribution in [0.15, 0.2) is 51.8 Å². The Hall–Kier alpha value is -3.07. The number of para-hydroxylation sites is 1. The summed E-state index contributed by atoms with van der Waals surface area (Å²) in [5.74, 6) is -1.83. The number of benzene rings is 2. The molecule has 1 heterocycles. The first-order chi connectivity index (χ1) is 13.2. The van der Waals surface area contributed by atoms with Crippen molar-refractivity contribution in [2.45, 2.75) is 11.8 Å². The maximum atomic E-state index is 14.5. The van der Waals surface area contributed by atoms with Gasteiger partial charge in [0.05, 0.1) is 12.3 Å². The fourth-order valence-corrected chi connectivity index (χ4v) is 3.79. The van der Waals surface area contributed by atoms with Crippen LogP contribution >= 0.6 is 0 Å². The molecule has 9 heteroatoms. The first kappa shape index (κ1) is 19.7. The fourth-order valence-electron chi connectivity index (χ4n) is 2.69. The van der Waals surface area contributed by atoms with E-state index in [0.717, 1.165) is 0 Å². The monoisotopic (exact) mass is 406 g/mol. The van der Waals surface area contributed by atoms with E-state index in [4.69, 9.17) is 9.15 Å². The molecule has 0 bridgehead atoms. The third-order valence-corrected chi connectivity index (χ3v) is 5.35. The molecule has 0 fully saturated rings. The maximum Gasteiger partial charge on any atom is 0.300 e. The lowest BCUT2D eigenvalue weighted by Crippen LogP contribution is -2.30. The molecule has 0 atom stereocenters. The van der Waals surface area contributed by atoms with Crippen LogP contribution in [0.25, 0.3) is 11.0 Å². The average molecular weight is 406 g/mol. The third kappa shape index (κ3) is 3.65. The number of furan rings is 1. The number of hydrogen-bond donors (Lipinski definition) is 1. The minimum absolute atomic E-state index is 0.122. The number of rotatable bonds is 6. The largest absolute Gasteiger partial charge is 0.492 e. The lowest BCUT2D eigenvalue weighted by molar-refractivity contribution is 0.0956. The Balaban J connectivity index is 1.94. The Kier molecular flexibility index (Phi) is 5.28. The summed E-state index contributed by atoms with van der Waals surface area (Å²) in [4.78, 5) is 13.8. The fraction of sp³-hybridized carbons (Fsp3) is 0.211. The summed E-state index contributed by atoms with van der Waals surface area (Å²) in [6.07, 6.45) is 0. The zero-order valence-electron chi connectivity index (χ0n) is 15.5. The lowest BCUT2D eigenvalue weighted by atomic mass is 10.2. The number of ether oxygens (including phenoxy) is 1. The predicted molar refractivity (Wildman–Crippen MR) is 103 cm³/mol. The molecule has 0 aliphatic heterocycles. The van der Waals surface area contributed by atoms with Gasteiger partial charge in [0.25, 0.3) is 10.0 Å². The van der Waals surface area contributed by atoms with Crippen molar-refractivity contribution in [3.05, 3.63) is 54.0 Å². The van der Waals surface area contributed by atoms with Gasteiger partial charge >= 0.3 is 5.91 Å². The van der Waals surface area contributed by atoms with Crippen LogP contribution in [0.5, 0.6) is 5.75 Å². The van der Waals surface area contributed by atoms with Gasteiger partial charge in [0, 0.05) is 19.5 Å². The molecule has 0 aliphatic rings. The molecule has 1 amide bonds. The summed E-state index contributed by atoms with van der Waals surface area (Å²) >= 11 is 0. The first-order valence-electron chi connectivity index (χ1n) is 8.43. The number of amides is 1. The van der Waals surface area contributed by atoms with Crippen molar-refractivity contribution in [3.63, 3.8) is 0 Å². The van der Waals surface area contributed by atoms with Crippen molar-refractivity contribution in [1.29, 1.82) is 0 Å². The molecule has 1 N–H and O–H groups in total. The van der Waals surface area contributed by atoms with Gasteiger partial charge in [0.1, 0.15) is 10.6 Å². The molecule has 0 saturated heterocycles. The van der Waals surface area contributed by atoms with Gasteiger partial charge < -0.3 is 14.1 Å². The number of fused-ring (bicyclic) bond motifs is 1. The van der Waals surface area contributed by atoms with E-state index < -0.39 is 21.7 Å². The summed E-state index contributed by atoms with van der Waals surface area (Å²) in [6.45, 7) is 1.98. The molecule has 0 aliphatic carbocycles.